The van der Waals surface area contributed by atoms with Crippen LogP contribution in [-0.2, 0) is 4.79 Å². The molecular weight excluding hydrogens is 330 g/mol. The predicted octanol–water partition coefficient (Wildman–Crippen LogP) is 2.97. The van der Waals surface area contributed by atoms with Gasteiger partial charge >= 0.3 is 0 Å². The summed E-state index contributed by atoms with van der Waals surface area (Å²) in [5, 5.41) is 21.8. The van der Waals surface area contributed by atoms with Crippen molar-refractivity contribution in [2.45, 2.75) is 42.8 Å². The number of nitriles is 1. The van der Waals surface area contributed by atoms with E-state index in [9.17, 15) is 10.1 Å². The first-order valence-electron chi connectivity index (χ1n) is 7.52. The van der Waals surface area contributed by atoms with E-state index in [1.807, 2.05) is 17.5 Å². The average molecular weight is 347 g/mol. The van der Waals surface area contributed by atoms with Gasteiger partial charge in [-0.3, -0.25) is 9.89 Å². The first kappa shape index (κ1) is 16.0. The molecule has 2 N–H and O–H groups in total. The Morgan fingerprint density at radius 1 is 1.48 bits per heavy atom. The Morgan fingerprint density at radius 3 is 3.00 bits per heavy atom. The quantitative estimate of drug-likeness (QED) is 0.811. The molecule has 1 fully saturated rings. The van der Waals surface area contributed by atoms with Crippen LogP contribution in [0.15, 0.2) is 22.7 Å². The highest BCUT2D eigenvalue weighted by atomic mass is 32.2. The number of hydrogen-bond acceptors (Lipinski definition) is 6. The van der Waals surface area contributed by atoms with Gasteiger partial charge in [-0.1, -0.05) is 37.1 Å². The number of carbonyl (C=O) groups excluding carboxylic acids is 1. The Kier molecular flexibility index (Phi) is 4.98. The van der Waals surface area contributed by atoms with Crippen LogP contribution in [0.25, 0.3) is 10.7 Å². The molecule has 2 aromatic heterocycles. The molecule has 3 rings (SSSR count). The molecule has 1 saturated carbocycles. The van der Waals surface area contributed by atoms with E-state index in [0.29, 0.717) is 11.0 Å². The number of aromatic amines is 1. The Bertz CT molecular complexity index is 698. The van der Waals surface area contributed by atoms with Crippen molar-refractivity contribution in [1.29, 1.82) is 5.26 Å². The lowest BCUT2D eigenvalue weighted by Gasteiger charge is -2.31. The van der Waals surface area contributed by atoms with Crippen molar-refractivity contribution in [2.75, 3.05) is 5.75 Å². The molecule has 8 heteroatoms. The second-order valence-electron chi connectivity index (χ2n) is 5.54. The number of carbonyl (C=O) groups is 1. The van der Waals surface area contributed by atoms with Crippen LogP contribution in [0.4, 0.5) is 0 Å². The molecule has 0 saturated heterocycles. The summed E-state index contributed by atoms with van der Waals surface area (Å²) in [5.41, 5.74) is -0.684. The predicted molar refractivity (Wildman–Crippen MR) is 90.0 cm³/mol. The highest BCUT2D eigenvalue weighted by Gasteiger charge is 2.33. The van der Waals surface area contributed by atoms with Crippen molar-refractivity contribution in [1.82, 2.24) is 20.5 Å². The minimum absolute atomic E-state index is 0.138. The number of H-pyrrole nitrogens is 1. The largest absolute Gasteiger partial charge is 0.337 e. The van der Waals surface area contributed by atoms with Crippen molar-refractivity contribution >= 4 is 29.0 Å². The third kappa shape index (κ3) is 3.92. The van der Waals surface area contributed by atoms with Crippen molar-refractivity contribution in [2.24, 2.45) is 0 Å². The molecule has 120 valence electrons. The van der Waals surface area contributed by atoms with Crippen LogP contribution in [-0.4, -0.2) is 32.4 Å². The molecule has 6 nitrogen and oxygen atoms in total. The molecule has 0 atom stereocenters. The Morgan fingerprint density at radius 2 is 2.30 bits per heavy atom. The van der Waals surface area contributed by atoms with Crippen LogP contribution >= 0.6 is 23.1 Å². The normalized spacial score (nSPS) is 16.7. The average Bonchev–Trinajstić information content (AvgIpc) is 3.25. The monoisotopic (exact) mass is 347 g/mol. The molecule has 1 aliphatic rings. The molecule has 0 radical (unpaired) electrons. The van der Waals surface area contributed by atoms with E-state index in [1.165, 1.54) is 11.8 Å². The lowest BCUT2D eigenvalue weighted by atomic mass is 9.83. The molecule has 0 unspecified atom stereocenters. The fourth-order valence-electron chi connectivity index (χ4n) is 2.69. The number of thiophene rings is 1. The number of nitrogens with zero attached hydrogens (tertiary/aromatic N) is 3. The zero-order valence-electron chi connectivity index (χ0n) is 12.5. The minimum Gasteiger partial charge on any atom is -0.337 e. The lowest BCUT2D eigenvalue weighted by Crippen LogP contribution is -2.49. The van der Waals surface area contributed by atoms with Crippen LogP contribution in [0.3, 0.4) is 0 Å². The van der Waals surface area contributed by atoms with Gasteiger partial charge in [0.2, 0.25) is 11.1 Å². The molecule has 0 aliphatic heterocycles. The molecule has 1 amide bonds. The summed E-state index contributed by atoms with van der Waals surface area (Å²) in [6.07, 6.45) is 4.60. The van der Waals surface area contributed by atoms with E-state index < -0.39 is 5.54 Å². The van der Waals surface area contributed by atoms with Crippen LogP contribution in [0.5, 0.6) is 0 Å². The Balaban J connectivity index is 1.54. The fraction of sp³-hybridized carbons (Fsp3) is 0.467. The van der Waals surface area contributed by atoms with Crippen LogP contribution in [0.2, 0.25) is 0 Å². The second-order valence-corrected chi connectivity index (χ2v) is 7.43. The summed E-state index contributed by atoms with van der Waals surface area (Å²) in [6.45, 7) is 0. The maximum atomic E-state index is 12.1. The number of rotatable bonds is 5. The lowest BCUT2D eigenvalue weighted by molar-refractivity contribution is -0.120. The van der Waals surface area contributed by atoms with Gasteiger partial charge in [0, 0.05) is 0 Å². The molecule has 1 aliphatic carbocycles. The third-order valence-electron chi connectivity index (χ3n) is 3.85. The zero-order valence-corrected chi connectivity index (χ0v) is 14.2. The molecule has 0 aromatic carbocycles. The van der Waals surface area contributed by atoms with Crippen molar-refractivity contribution in [3.05, 3.63) is 17.5 Å². The highest BCUT2D eigenvalue weighted by molar-refractivity contribution is 7.99. The summed E-state index contributed by atoms with van der Waals surface area (Å²) in [5.74, 6) is 0.787. The summed E-state index contributed by atoms with van der Waals surface area (Å²) >= 11 is 2.86. The molecule has 0 spiro atoms. The topological polar surface area (TPSA) is 94.5 Å². The van der Waals surface area contributed by atoms with Gasteiger partial charge in [0.05, 0.1) is 16.7 Å². The zero-order chi connectivity index (χ0) is 16.1. The molecule has 2 aromatic rings. The standard InChI is InChI=1S/C15H17N5OS2/c16-10-15(6-2-1-3-7-15)18-12(21)9-23-14-17-13(19-20-14)11-5-4-8-22-11/h4-5,8H,1-3,6-7,9H2,(H,18,21)(H,17,19,20). The molecule has 0 bridgehead atoms. The first-order valence-corrected chi connectivity index (χ1v) is 9.39. The number of aromatic nitrogens is 3. The summed E-state index contributed by atoms with van der Waals surface area (Å²) in [4.78, 5) is 17.5. The smallest absolute Gasteiger partial charge is 0.231 e. The first-order chi connectivity index (χ1) is 11.2. The minimum atomic E-state index is -0.684. The van der Waals surface area contributed by atoms with Gasteiger partial charge in [-0.15, -0.1) is 16.4 Å². The maximum Gasteiger partial charge on any atom is 0.231 e. The van der Waals surface area contributed by atoms with E-state index in [0.717, 1.165) is 37.0 Å². The summed E-state index contributed by atoms with van der Waals surface area (Å²) < 4.78 is 0. The van der Waals surface area contributed by atoms with E-state index >= 15 is 0 Å². The number of amides is 1. The van der Waals surface area contributed by atoms with Crippen molar-refractivity contribution in [3.63, 3.8) is 0 Å². The number of hydrogen-bond donors (Lipinski definition) is 2. The Labute approximate surface area is 142 Å². The van der Waals surface area contributed by atoms with Crippen molar-refractivity contribution < 1.29 is 4.79 Å². The highest BCUT2D eigenvalue weighted by Crippen LogP contribution is 2.28. The summed E-state index contributed by atoms with van der Waals surface area (Å²) in [7, 11) is 0. The van der Waals surface area contributed by atoms with Gasteiger partial charge in [-0.05, 0) is 24.3 Å². The molecule has 2 heterocycles. The van der Waals surface area contributed by atoms with Gasteiger partial charge in [-0.2, -0.15) is 5.26 Å². The Hall–Kier alpha value is -1.85. The third-order valence-corrected chi connectivity index (χ3v) is 5.58. The summed E-state index contributed by atoms with van der Waals surface area (Å²) in [6, 6.07) is 6.21. The van der Waals surface area contributed by atoms with E-state index in [1.54, 1.807) is 11.3 Å². The number of nitrogens with one attached hydrogen (secondary N) is 2. The van der Waals surface area contributed by atoms with Gasteiger partial charge < -0.3 is 5.32 Å². The van der Waals surface area contributed by atoms with E-state index in [4.69, 9.17) is 0 Å². The van der Waals surface area contributed by atoms with E-state index in [-0.39, 0.29) is 11.7 Å². The SMILES string of the molecule is N#CC1(NC(=O)CSc2n[nH]c(-c3cccs3)n2)CCCCC1. The van der Waals surface area contributed by atoms with Gasteiger partial charge in [0.25, 0.3) is 0 Å². The van der Waals surface area contributed by atoms with Gasteiger partial charge in [-0.25, -0.2) is 4.98 Å². The van der Waals surface area contributed by atoms with Crippen LogP contribution < -0.4 is 5.32 Å². The molecular formula is C15H17N5OS2. The van der Waals surface area contributed by atoms with Crippen LogP contribution in [0, 0.1) is 11.3 Å². The maximum absolute atomic E-state index is 12.1. The van der Waals surface area contributed by atoms with Gasteiger partial charge in [0.1, 0.15) is 5.54 Å². The fourth-order valence-corrected chi connectivity index (χ4v) is 3.95. The van der Waals surface area contributed by atoms with Crippen molar-refractivity contribution in [3.8, 4) is 16.8 Å². The van der Waals surface area contributed by atoms with E-state index in [2.05, 4.69) is 26.6 Å². The number of thioether (sulfide) groups is 1. The van der Waals surface area contributed by atoms with Crippen LogP contribution in [0.1, 0.15) is 32.1 Å². The second kappa shape index (κ2) is 7.15. The van der Waals surface area contributed by atoms with Gasteiger partial charge in [0.15, 0.2) is 5.82 Å². The molecule has 23 heavy (non-hydrogen) atoms.